The maximum Gasteiger partial charge on any atom is 0.263 e. The van der Waals surface area contributed by atoms with Gasteiger partial charge in [0.1, 0.15) is 4.83 Å². The van der Waals surface area contributed by atoms with Crippen LogP contribution in [0.4, 0.5) is 0 Å². The van der Waals surface area contributed by atoms with Gasteiger partial charge in [0.25, 0.3) is 5.56 Å². The van der Waals surface area contributed by atoms with E-state index in [1.807, 2.05) is 0 Å². The Bertz CT molecular complexity index is 1090. The summed E-state index contributed by atoms with van der Waals surface area (Å²) in [5, 5.41) is 4.27. The van der Waals surface area contributed by atoms with Crippen LogP contribution in [0.15, 0.2) is 9.95 Å². The first-order valence-electron chi connectivity index (χ1n) is 11.4. The molecule has 0 bridgehead atoms. The number of hydrogen-bond acceptors (Lipinski definition) is 6. The molecule has 1 fully saturated rings. The van der Waals surface area contributed by atoms with Gasteiger partial charge in [-0.25, -0.2) is 4.98 Å². The minimum absolute atomic E-state index is 0.0165. The van der Waals surface area contributed by atoms with E-state index in [1.165, 1.54) is 27.1 Å². The van der Waals surface area contributed by atoms with Gasteiger partial charge in [0.2, 0.25) is 11.8 Å². The van der Waals surface area contributed by atoms with Gasteiger partial charge in [-0.2, -0.15) is 0 Å². The van der Waals surface area contributed by atoms with Gasteiger partial charge in [-0.15, -0.1) is 11.3 Å². The maximum atomic E-state index is 13.5. The summed E-state index contributed by atoms with van der Waals surface area (Å²) >= 11 is 2.92. The van der Waals surface area contributed by atoms with E-state index in [-0.39, 0.29) is 41.6 Å². The number of hydrogen-bond donors (Lipinski definition) is 1. The molecule has 2 amide bonds. The number of carbonyl (C=O) groups excluding carboxylic acids is 2. The highest BCUT2D eigenvalue weighted by Gasteiger charge is 2.26. The van der Waals surface area contributed by atoms with E-state index in [4.69, 9.17) is 4.98 Å². The topological polar surface area (TPSA) is 84.3 Å². The highest BCUT2D eigenvalue weighted by atomic mass is 32.2. The minimum atomic E-state index is -0.148. The summed E-state index contributed by atoms with van der Waals surface area (Å²) in [6.45, 7) is 7.03. The van der Waals surface area contributed by atoms with E-state index in [2.05, 4.69) is 26.1 Å². The molecule has 1 saturated carbocycles. The zero-order chi connectivity index (χ0) is 23.0. The van der Waals surface area contributed by atoms with Crippen LogP contribution in [0.1, 0.15) is 50.5 Å². The number of aryl methyl sites for hydroxylation is 1. The third-order valence-electron chi connectivity index (χ3n) is 6.00. The zero-order valence-electron chi connectivity index (χ0n) is 19.3. The third kappa shape index (κ3) is 5.20. The van der Waals surface area contributed by atoms with Crippen LogP contribution in [0.5, 0.6) is 0 Å². The molecule has 2 aliphatic rings. The van der Waals surface area contributed by atoms with Crippen LogP contribution in [-0.4, -0.2) is 51.7 Å². The zero-order valence-corrected chi connectivity index (χ0v) is 20.9. The summed E-state index contributed by atoms with van der Waals surface area (Å²) in [7, 11) is 1.64. The molecule has 0 radical (unpaired) electrons. The van der Waals surface area contributed by atoms with Crippen LogP contribution < -0.4 is 10.9 Å². The molecule has 1 N–H and O–H groups in total. The van der Waals surface area contributed by atoms with Gasteiger partial charge in [-0.1, -0.05) is 32.5 Å². The number of rotatable bonds is 8. The summed E-state index contributed by atoms with van der Waals surface area (Å²) < 4.78 is 1.75. The average molecular weight is 477 g/mol. The largest absolute Gasteiger partial charge is 0.352 e. The molecule has 1 atom stereocenters. The molecule has 2 aromatic rings. The smallest absolute Gasteiger partial charge is 0.263 e. The first-order valence-corrected chi connectivity index (χ1v) is 13.2. The Balaban J connectivity index is 1.54. The molecule has 2 aromatic heterocycles. The Kier molecular flexibility index (Phi) is 6.95. The van der Waals surface area contributed by atoms with Gasteiger partial charge in [0, 0.05) is 24.5 Å². The summed E-state index contributed by atoms with van der Waals surface area (Å²) in [5.41, 5.74) is 1.20. The summed E-state index contributed by atoms with van der Waals surface area (Å²) in [4.78, 5) is 46.5. The average Bonchev–Trinajstić information content (AvgIpc) is 3.45. The lowest BCUT2D eigenvalue weighted by atomic mass is 9.89. The SMILES string of the molecule is CC(C)Cn1c(SCC(=O)N(C)CC(=O)NC2CC2)nc2sc3c(c2c1=O)CCC(C)C3. The molecule has 7 nitrogen and oxygen atoms in total. The molecule has 0 aliphatic heterocycles. The van der Waals surface area contributed by atoms with Gasteiger partial charge in [0.05, 0.1) is 17.7 Å². The van der Waals surface area contributed by atoms with Crippen LogP contribution in [0.3, 0.4) is 0 Å². The number of amides is 2. The third-order valence-corrected chi connectivity index (χ3v) is 8.11. The number of nitrogens with one attached hydrogen (secondary N) is 1. The predicted molar refractivity (Wildman–Crippen MR) is 129 cm³/mol. The number of thiophene rings is 1. The molecule has 0 aromatic carbocycles. The monoisotopic (exact) mass is 476 g/mol. The van der Waals surface area contributed by atoms with Gasteiger partial charge in [0.15, 0.2) is 5.16 Å². The standard InChI is InChI=1S/C23H32N4O3S2/c1-13(2)10-27-22(30)20-16-8-5-14(3)9-17(16)32-21(20)25-23(27)31-12-19(29)26(4)11-18(28)24-15-6-7-15/h13-15H,5-12H2,1-4H3,(H,24,28). The fourth-order valence-electron chi connectivity index (χ4n) is 4.08. The number of thioether (sulfide) groups is 1. The Morgan fingerprint density at radius 3 is 2.75 bits per heavy atom. The van der Waals surface area contributed by atoms with Crippen molar-refractivity contribution in [3.8, 4) is 0 Å². The van der Waals surface area contributed by atoms with Crippen molar-refractivity contribution in [3.05, 3.63) is 20.8 Å². The highest BCUT2D eigenvalue weighted by molar-refractivity contribution is 7.99. The van der Waals surface area contributed by atoms with Gasteiger partial charge < -0.3 is 10.2 Å². The fraction of sp³-hybridized carbons (Fsp3) is 0.652. The Hall–Kier alpha value is -1.87. The molecule has 9 heteroatoms. The molecule has 2 aliphatic carbocycles. The molecule has 4 rings (SSSR count). The normalized spacial score (nSPS) is 18.1. The van der Waals surface area contributed by atoms with Crippen molar-refractivity contribution in [3.63, 3.8) is 0 Å². The summed E-state index contributed by atoms with van der Waals surface area (Å²) in [6.07, 6.45) is 5.09. The molecule has 1 unspecified atom stereocenters. The van der Waals surface area contributed by atoms with Crippen LogP contribution in [0.25, 0.3) is 10.2 Å². The second-order valence-corrected chi connectivity index (χ2v) is 11.6. The lowest BCUT2D eigenvalue weighted by molar-refractivity contribution is -0.132. The molecular formula is C23H32N4O3S2. The molecule has 174 valence electrons. The van der Waals surface area contributed by atoms with Crippen molar-refractivity contribution in [2.24, 2.45) is 11.8 Å². The van der Waals surface area contributed by atoms with E-state index in [9.17, 15) is 14.4 Å². The van der Waals surface area contributed by atoms with E-state index in [1.54, 1.807) is 23.0 Å². The number of fused-ring (bicyclic) bond motifs is 3. The van der Waals surface area contributed by atoms with Crippen LogP contribution in [0, 0.1) is 11.8 Å². The van der Waals surface area contributed by atoms with E-state index in [0.29, 0.717) is 17.6 Å². The van der Waals surface area contributed by atoms with E-state index >= 15 is 0 Å². The van der Waals surface area contributed by atoms with Crippen molar-refractivity contribution in [2.45, 2.75) is 70.6 Å². The number of nitrogens with zero attached hydrogens (tertiary/aromatic N) is 3. The van der Waals surface area contributed by atoms with Crippen molar-refractivity contribution in [1.82, 2.24) is 19.8 Å². The lowest BCUT2D eigenvalue weighted by Crippen LogP contribution is -2.39. The van der Waals surface area contributed by atoms with Crippen LogP contribution in [0.2, 0.25) is 0 Å². The van der Waals surface area contributed by atoms with Crippen LogP contribution >= 0.6 is 23.1 Å². The molecule has 2 heterocycles. The quantitative estimate of drug-likeness (QED) is 0.468. The van der Waals surface area contributed by atoms with Crippen molar-refractivity contribution in [1.29, 1.82) is 0 Å². The molecule has 0 saturated heterocycles. The highest BCUT2D eigenvalue weighted by Crippen LogP contribution is 2.36. The molecule has 32 heavy (non-hydrogen) atoms. The first kappa shape index (κ1) is 23.3. The van der Waals surface area contributed by atoms with Crippen molar-refractivity contribution < 1.29 is 9.59 Å². The maximum absolute atomic E-state index is 13.5. The van der Waals surface area contributed by atoms with Crippen molar-refractivity contribution >= 4 is 45.1 Å². The van der Waals surface area contributed by atoms with E-state index < -0.39 is 0 Å². The Morgan fingerprint density at radius 2 is 2.06 bits per heavy atom. The van der Waals surface area contributed by atoms with E-state index in [0.717, 1.165) is 42.3 Å². The summed E-state index contributed by atoms with van der Waals surface area (Å²) in [6, 6.07) is 0.279. The molecule has 0 spiro atoms. The number of aromatic nitrogens is 2. The summed E-state index contributed by atoms with van der Waals surface area (Å²) in [5.74, 6) is 0.789. The fourth-order valence-corrected chi connectivity index (χ4v) is 6.46. The number of likely N-dealkylation sites (N-methyl/N-ethyl adjacent to an activating group) is 1. The Labute approximate surface area is 197 Å². The minimum Gasteiger partial charge on any atom is -0.352 e. The van der Waals surface area contributed by atoms with Gasteiger partial charge in [-0.05, 0) is 49.5 Å². The predicted octanol–water partition coefficient (Wildman–Crippen LogP) is 3.07. The van der Waals surface area contributed by atoms with Gasteiger partial charge in [-0.3, -0.25) is 19.0 Å². The first-order chi connectivity index (χ1) is 15.2. The second kappa shape index (κ2) is 9.55. The number of carbonyl (C=O) groups is 2. The molecular weight excluding hydrogens is 444 g/mol. The Morgan fingerprint density at radius 1 is 1.31 bits per heavy atom. The van der Waals surface area contributed by atoms with Gasteiger partial charge >= 0.3 is 0 Å². The second-order valence-electron chi connectivity index (χ2n) is 9.62. The van der Waals surface area contributed by atoms with Crippen LogP contribution in [-0.2, 0) is 29.0 Å². The van der Waals surface area contributed by atoms with Crippen molar-refractivity contribution in [2.75, 3.05) is 19.3 Å². The lowest BCUT2D eigenvalue weighted by Gasteiger charge is -2.19.